The van der Waals surface area contributed by atoms with Crippen LogP contribution < -0.4 is 29.0 Å². The third kappa shape index (κ3) is 4.67. The number of aromatic hydroxyl groups is 1. The van der Waals surface area contributed by atoms with E-state index in [9.17, 15) is 20.1 Å². The normalized spacial score (nSPS) is 32.4. The van der Waals surface area contributed by atoms with Crippen LogP contribution in [0.4, 0.5) is 0 Å². The molecule has 0 amide bonds. The molecule has 0 radical (unpaired) electrons. The van der Waals surface area contributed by atoms with Crippen LogP contribution in [0.15, 0.2) is 24.3 Å². The number of nitrogens with one attached hydrogen (secondary N) is 2. The van der Waals surface area contributed by atoms with E-state index in [4.69, 9.17) is 28.4 Å². The van der Waals surface area contributed by atoms with Crippen molar-refractivity contribution in [2.45, 2.75) is 86.8 Å². The van der Waals surface area contributed by atoms with Crippen molar-refractivity contribution in [3.63, 3.8) is 0 Å². The summed E-state index contributed by atoms with van der Waals surface area (Å²) >= 11 is 1.48. The Morgan fingerprint density at radius 2 is 1.86 bits per heavy atom. The Bertz CT molecular complexity index is 2540. The second kappa shape index (κ2) is 12.4. The number of hydrogen-bond donors (Lipinski definition) is 5. The van der Waals surface area contributed by atoms with Gasteiger partial charge in [-0.2, -0.15) is 0 Å². The van der Waals surface area contributed by atoms with Crippen molar-refractivity contribution in [2.75, 3.05) is 46.5 Å². The van der Waals surface area contributed by atoms with E-state index < -0.39 is 58.2 Å². The summed E-state index contributed by atoms with van der Waals surface area (Å²) in [6.45, 7) is 6.96. The maximum atomic E-state index is 15.1. The van der Waals surface area contributed by atoms with Crippen LogP contribution in [0.2, 0.25) is 0 Å². The molecule has 8 aliphatic rings. The molecule has 310 valence electrons. The second-order valence-corrected chi connectivity index (χ2v) is 18.4. The number of phenolic OH excluding ortho intramolecular Hbond substituents is 1. The molecule has 3 fully saturated rings. The van der Waals surface area contributed by atoms with Crippen molar-refractivity contribution in [3.05, 3.63) is 68.9 Å². The Balaban J connectivity index is 1.18. The lowest BCUT2D eigenvalue weighted by Gasteiger charge is -2.59. The smallest absolute Gasteiger partial charge is 0.333 e. The summed E-state index contributed by atoms with van der Waals surface area (Å²) in [6.07, 6.45) is 0.749. The van der Waals surface area contributed by atoms with Gasteiger partial charge >= 0.3 is 11.9 Å². The van der Waals surface area contributed by atoms with Gasteiger partial charge in [0.2, 0.25) is 6.79 Å². The highest BCUT2D eigenvalue weighted by atomic mass is 32.2. The quantitative estimate of drug-likeness (QED) is 0.147. The lowest BCUT2D eigenvalue weighted by molar-refractivity contribution is -0.196. The number of ether oxygens (including phenoxy) is 6. The number of carbonyl (C=O) groups is 2. The Kier molecular flexibility index (Phi) is 7.86. The van der Waals surface area contributed by atoms with Crippen LogP contribution in [0.25, 0.3) is 10.9 Å². The lowest BCUT2D eigenvalue weighted by atomic mass is 9.75. The van der Waals surface area contributed by atoms with Gasteiger partial charge in [0.15, 0.2) is 28.5 Å². The molecule has 16 heteroatoms. The minimum absolute atomic E-state index is 0.0505. The van der Waals surface area contributed by atoms with Gasteiger partial charge in [-0.05, 0) is 68.1 Å². The summed E-state index contributed by atoms with van der Waals surface area (Å²) in [4.78, 5) is 36.1. The first kappa shape index (κ1) is 37.3. The fourth-order valence-electron chi connectivity index (χ4n) is 12.0. The summed E-state index contributed by atoms with van der Waals surface area (Å²) in [7, 11) is 3.15. The number of benzene rings is 3. The van der Waals surface area contributed by atoms with Crippen LogP contribution in [-0.4, -0.2) is 106 Å². The highest BCUT2D eigenvalue weighted by Gasteiger charge is 2.72. The molecule has 3 saturated heterocycles. The molecule has 8 atom stereocenters. The third-order valence-electron chi connectivity index (χ3n) is 14.1. The van der Waals surface area contributed by atoms with Crippen LogP contribution in [0.1, 0.15) is 82.2 Å². The average Bonchev–Trinajstić information content (AvgIpc) is 3.95. The van der Waals surface area contributed by atoms with Crippen molar-refractivity contribution >= 4 is 34.6 Å². The first-order chi connectivity index (χ1) is 28.3. The zero-order valence-electron chi connectivity index (χ0n) is 33.6. The molecule has 15 nitrogen and oxygen atoms in total. The Morgan fingerprint density at radius 1 is 1.07 bits per heavy atom. The van der Waals surface area contributed by atoms with E-state index in [1.165, 1.54) is 18.7 Å². The zero-order chi connectivity index (χ0) is 41.1. The third-order valence-corrected chi connectivity index (χ3v) is 15.6. The molecule has 12 rings (SSSR count). The number of hydrogen-bond acceptors (Lipinski definition) is 15. The number of aliphatic hydroxyl groups excluding tert-OH is 1. The van der Waals surface area contributed by atoms with Gasteiger partial charge in [0.1, 0.15) is 23.8 Å². The van der Waals surface area contributed by atoms with E-state index >= 15 is 4.79 Å². The van der Waals surface area contributed by atoms with E-state index in [1.54, 1.807) is 14.2 Å². The number of fused-ring (bicyclic) bond motifs is 11. The number of H-pyrrole nitrogens is 1. The van der Waals surface area contributed by atoms with Gasteiger partial charge < -0.3 is 48.7 Å². The molecule has 1 spiro atoms. The SMILES string of the molecule is COc1ccc2[nH]c3c(c2c1)C[C@H](CO)N[C@]31CS[C@@H]2c3c(OC(C)=O)c(C)c4c(c3[C@H](COC1=O)N1C2C2c3c(cc(C)c(OC)c3O)C3(C)CC1(O)CN23)OCO4. The van der Waals surface area contributed by atoms with Gasteiger partial charge in [0.05, 0.1) is 43.9 Å². The molecular weight excluding hydrogens is 781 g/mol. The number of nitrogens with zero attached hydrogens (tertiary/aromatic N) is 2. The molecule has 3 aromatic carbocycles. The fourth-order valence-corrected chi connectivity index (χ4v) is 13.6. The predicted molar refractivity (Wildman–Crippen MR) is 213 cm³/mol. The van der Waals surface area contributed by atoms with Crippen molar-refractivity contribution in [3.8, 4) is 34.5 Å². The van der Waals surface area contributed by atoms with Crippen LogP contribution in [0.5, 0.6) is 34.5 Å². The molecule has 8 aliphatic heterocycles. The predicted octanol–water partition coefficient (Wildman–Crippen LogP) is 4.00. The van der Waals surface area contributed by atoms with Crippen molar-refractivity contribution in [2.24, 2.45) is 0 Å². The summed E-state index contributed by atoms with van der Waals surface area (Å²) in [5.74, 6) is 1.35. The zero-order valence-corrected chi connectivity index (χ0v) is 34.4. The Hall–Kier alpha value is -4.71. The van der Waals surface area contributed by atoms with Crippen LogP contribution in [0.3, 0.4) is 0 Å². The minimum Gasteiger partial charge on any atom is -0.504 e. The maximum absolute atomic E-state index is 15.1. The summed E-state index contributed by atoms with van der Waals surface area (Å²) in [5, 5.41) is 39.9. The Labute approximate surface area is 343 Å². The monoisotopic (exact) mass is 826 g/mol. The Morgan fingerprint density at radius 3 is 2.61 bits per heavy atom. The number of methoxy groups -OCH3 is 2. The molecule has 4 unspecified atom stereocenters. The molecule has 0 saturated carbocycles. The van der Waals surface area contributed by atoms with Gasteiger partial charge in [-0.3, -0.25) is 19.9 Å². The van der Waals surface area contributed by atoms with Crippen molar-refractivity contribution < 1.29 is 53.3 Å². The summed E-state index contributed by atoms with van der Waals surface area (Å²) in [6, 6.07) is 5.42. The first-order valence-electron chi connectivity index (χ1n) is 20.0. The fraction of sp³-hybridized carbons (Fsp3) is 0.488. The molecule has 9 heterocycles. The number of rotatable bonds is 4. The van der Waals surface area contributed by atoms with Crippen LogP contribution in [-0.2, 0) is 31.8 Å². The minimum atomic E-state index is -1.47. The molecule has 59 heavy (non-hydrogen) atoms. The standard InChI is InChI=1S/C43H46N4O11S/c1-18-9-25-28(33(50)34(18)54-6)31-32-38-30-29(37-36(56-17-57-37)19(2)35(30)58-20(3)49)27(47(32)42(52)14-41(25,4)46(31)15-42)13-55-40(51)43(16-59-38)39-24(10-21(12-48)45-43)23-11-22(53-5)7-8-26(23)44-39/h7-9,11,21,27,31-32,38,44-45,48,50,52H,10,12-17H2,1-6H3/t21-,27+,31?,32?,38-,41?,42?,43-/m1/s1. The van der Waals surface area contributed by atoms with Crippen LogP contribution >= 0.6 is 11.8 Å². The number of phenols is 1. The van der Waals surface area contributed by atoms with Gasteiger partial charge in [0.25, 0.3) is 0 Å². The number of aliphatic hydroxyl groups is 2. The molecule has 4 bridgehead atoms. The number of piperazine rings is 1. The van der Waals surface area contributed by atoms with Crippen molar-refractivity contribution in [1.82, 2.24) is 20.1 Å². The van der Waals surface area contributed by atoms with Crippen LogP contribution in [0, 0.1) is 13.8 Å². The first-order valence-corrected chi connectivity index (χ1v) is 21.0. The number of thioether (sulfide) groups is 1. The second-order valence-electron chi connectivity index (χ2n) is 17.2. The lowest BCUT2D eigenvalue weighted by Crippen LogP contribution is -2.67. The highest BCUT2D eigenvalue weighted by Crippen LogP contribution is 2.71. The number of esters is 2. The van der Waals surface area contributed by atoms with E-state index in [0.717, 1.165) is 33.2 Å². The number of aromatic nitrogens is 1. The van der Waals surface area contributed by atoms with Crippen molar-refractivity contribution in [1.29, 1.82) is 0 Å². The topological polar surface area (TPSA) is 185 Å². The molecule has 0 aliphatic carbocycles. The molecule has 5 N–H and O–H groups in total. The molecule has 4 aromatic rings. The van der Waals surface area contributed by atoms with E-state index in [-0.39, 0.29) is 38.1 Å². The van der Waals surface area contributed by atoms with E-state index in [0.29, 0.717) is 64.0 Å². The highest BCUT2D eigenvalue weighted by molar-refractivity contribution is 7.99. The molecular formula is C43H46N4O11S. The number of aromatic amines is 1. The van der Waals surface area contributed by atoms with Gasteiger partial charge in [-0.15, -0.1) is 11.8 Å². The summed E-state index contributed by atoms with van der Waals surface area (Å²) in [5.41, 5.74) is 3.08. The number of carbonyl (C=O) groups excluding carboxylic acids is 2. The largest absolute Gasteiger partial charge is 0.504 e. The number of aryl methyl sites for hydroxylation is 1. The van der Waals surface area contributed by atoms with E-state index in [2.05, 4.69) is 33.1 Å². The molecule has 1 aromatic heterocycles. The van der Waals surface area contributed by atoms with Gasteiger partial charge in [0, 0.05) is 76.4 Å². The van der Waals surface area contributed by atoms with Gasteiger partial charge in [-0.25, -0.2) is 4.79 Å². The maximum Gasteiger partial charge on any atom is 0.333 e. The van der Waals surface area contributed by atoms with E-state index in [1.807, 2.05) is 32.0 Å². The van der Waals surface area contributed by atoms with Gasteiger partial charge in [-0.1, -0.05) is 0 Å². The summed E-state index contributed by atoms with van der Waals surface area (Å²) < 4.78 is 36.5. The average molecular weight is 827 g/mol.